The van der Waals surface area contributed by atoms with Gasteiger partial charge in [-0.1, -0.05) is 239 Å². The number of hydrogen-bond donors (Lipinski definition) is 1. The van der Waals surface area contributed by atoms with E-state index in [1.54, 1.807) is 0 Å². The first-order chi connectivity index (χ1) is 38.4. The highest BCUT2D eigenvalue weighted by Gasteiger charge is 2.27. The molecule has 1 N–H and O–H groups in total. The number of allylic oxidation sites excluding steroid dienone is 19. The Bertz CT molecular complexity index is 1770. The molecule has 0 aliphatic heterocycles. The lowest BCUT2D eigenvalue weighted by Crippen LogP contribution is -2.47. The largest absolute Gasteiger partial charge is 0.756 e. The summed E-state index contributed by atoms with van der Waals surface area (Å²) < 4.78 is 30.3. The predicted octanol–water partition coefficient (Wildman–Crippen LogP) is 19.3. The van der Waals surface area contributed by atoms with E-state index in [0.717, 1.165) is 122 Å². The normalized spacial score (nSPS) is 14.5. The van der Waals surface area contributed by atoms with Crippen molar-refractivity contribution in [3.63, 3.8) is 0 Å². The first-order valence-electron chi connectivity index (χ1n) is 31.8. The third-order valence-electron chi connectivity index (χ3n) is 13.4. The van der Waals surface area contributed by atoms with Gasteiger partial charge in [0.1, 0.15) is 19.3 Å². The summed E-state index contributed by atoms with van der Waals surface area (Å²) in [5.41, 5.74) is 0. The summed E-state index contributed by atoms with van der Waals surface area (Å²) in [7, 11) is 1.14. The number of unbranched alkanes of at least 4 members (excludes halogenated alkanes) is 22. The molecule has 0 aliphatic carbocycles. The van der Waals surface area contributed by atoms with Gasteiger partial charge >= 0.3 is 5.97 Å². The van der Waals surface area contributed by atoms with Crippen LogP contribution in [-0.2, 0) is 27.9 Å². The summed E-state index contributed by atoms with van der Waals surface area (Å²) in [6.07, 6.45) is 80.2. The second-order valence-corrected chi connectivity index (χ2v) is 23.6. The van der Waals surface area contributed by atoms with Gasteiger partial charge in [0.25, 0.3) is 7.82 Å². The van der Waals surface area contributed by atoms with Crippen molar-refractivity contribution in [2.75, 3.05) is 40.9 Å². The number of hydrogen-bond acceptors (Lipinski definition) is 7. The van der Waals surface area contributed by atoms with E-state index < -0.39 is 26.6 Å². The molecule has 0 heterocycles. The van der Waals surface area contributed by atoms with Gasteiger partial charge in [-0.05, 0) is 122 Å². The summed E-state index contributed by atoms with van der Waals surface area (Å²) in [6.45, 7) is 6.66. The average Bonchev–Trinajstić information content (AvgIpc) is 3.41. The van der Waals surface area contributed by atoms with Crippen LogP contribution in [0.1, 0.15) is 252 Å². The summed E-state index contributed by atoms with van der Waals surface area (Å²) in [5.74, 6) is -0.602. The Morgan fingerprint density at radius 3 is 1.24 bits per heavy atom. The first-order valence-corrected chi connectivity index (χ1v) is 33.3. The number of carbonyl (C=O) groups is 2. The number of carbonyl (C=O) groups excluding carboxylic acids is 2. The van der Waals surface area contributed by atoms with E-state index in [-0.39, 0.29) is 31.3 Å². The number of esters is 1. The molecule has 9 nitrogen and oxygen atoms in total. The molecule has 10 heteroatoms. The van der Waals surface area contributed by atoms with Crippen LogP contribution in [0.15, 0.2) is 122 Å². The Morgan fingerprint density at radius 1 is 0.456 bits per heavy atom. The number of quaternary nitrogens is 1. The minimum absolute atomic E-state index is 0.0378. The molecule has 0 fully saturated rings. The van der Waals surface area contributed by atoms with Crippen molar-refractivity contribution in [2.45, 2.75) is 264 Å². The smallest absolute Gasteiger partial charge is 0.306 e. The van der Waals surface area contributed by atoms with Gasteiger partial charge in [-0.2, -0.15) is 0 Å². The van der Waals surface area contributed by atoms with Crippen LogP contribution >= 0.6 is 7.82 Å². The van der Waals surface area contributed by atoms with Crippen LogP contribution in [0.5, 0.6) is 0 Å². The third kappa shape index (κ3) is 58.9. The maximum Gasteiger partial charge on any atom is 0.306 e. The van der Waals surface area contributed by atoms with Gasteiger partial charge < -0.3 is 28.5 Å². The van der Waals surface area contributed by atoms with Gasteiger partial charge in [0.2, 0.25) is 5.91 Å². The molecule has 0 saturated heterocycles. The Hall–Kier alpha value is -3.59. The van der Waals surface area contributed by atoms with Gasteiger partial charge in [0, 0.05) is 12.8 Å². The summed E-state index contributed by atoms with van der Waals surface area (Å²) in [6, 6.07) is -0.920. The number of likely N-dealkylation sites (N-methyl/N-ethyl adjacent to an activating group) is 1. The fourth-order valence-corrected chi connectivity index (χ4v) is 9.19. The van der Waals surface area contributed by atoms with Crippen molar-refractivity contribution in [1.29, 1.82) is 0 Å². The van der Waals surface area contributed by atoms with Crippen molar-refractivity contribution in [2.24, 2.45) is 0 Å². The molecule has 79 heavy (non-hydrogen) atoms. The Labute approximate surface area is 486 Å². The molecular formula is C69H119N2O7P. The summed E-state index contributed by atoms with van der Waals surface area (Å²) in [4.78, 5) is 40.0. The molecule has 0 bridgehead atoms. The SMILES string of the molecule is CC/C=C\C/C=C\C/C=C\C/C=C\C/C=C\C/C=C\CCCCCCC(=O)OC(/C=C\CCCCCCCCCCCCC)C(COP(=O)([O-])OCC[N+](C)(C)C)NC(=O)CCCCCC/C=C\C/C=C\C/C=C\CCCCC. The zero-order valence-electron chi connectivity index (χ0n) is 51.5. The number of nitrogens with zero attached hydrogens (tertiary/aromatic N) is 1. The molecule has 452 valence electrons. The number of nitrogens with one attached hydrogen (secondary N) is 1. The van der Waals surface area contributed by atoms with Gasteiger partial charge in [-0.3, -0.25) is 14.2 Å². The van der Waals surface area contributed by atoms with Gasteiger partial charge in [-0.25, -0.2) is 0 Å². The van der Waals surface area contributed by atoms with Crippen LogP contribution in [0.4, 0.5) is 0 Å². The maximum absolute atomic E-state index is 13.5. The molecule has 0 aromatic rings. The fraction of sp³-hybridized carbons (Fsp3) is 0.681. The van der Waals surface area contributed by atoms with Crippen molar-refractivity contribution in [3.05, 3.63) is 122 Å². The van der Waals surface area contributed by atoms with Crippen LogP contribution in [0.2, 0.25) is 0 Å². The standard InChI is InChI=1S/C69H119N2O7P/c1-7-10-13-16-19-22-25-28-30-32-33-34-35-36-37-39-41-44-47-50-53-56-59-62-69(73)78-67(60-57-54-51-48-45-42-27-24-21-18-15-12-9-3)66(65-77-79(74,75)76-64-63-71(4,5)6)70-68(72)61-58-55-52-49-46-43-40-38-31-29-26-23-20-17-14-11-8-2/h10,13,19-20,22-23,28-31,33-34,36-37,40-41,43-44,57,60,66-67H,7-9,11-12,14-18,21,24-27,32,35,38-39,42,45-56,58-59,61-65H2,1-6H3,(H-,70,72,74,75)/b13-10-,22-19-,23-20-,30-28-,31-29-,34-33-,37-36-,43-40-,44-41-,60-57-. The van der Waals surface area contributed by atoms with Crippen LogP contribution in [0.25, 0.3) is 0 Å². The third-order valence-corrected chi connectivity index (χ3v) is 14.3. The molecule has 0 radical (unpaired) electrons. The van der Waals surface area contributed by atoms with Crippen molar-refractivity contribution in [3.8, 4) is 0 Å². The van der Waals surface area contributed by atoms with E-state index in [4.69, 9.17) is 13.8 Å². The van der Waals surface area contributed by atoms with Crippen LogP contribution in [-0.4, -0.2) is 69.4 Å². The molecule has 0 aromatic heterocycles. The average molecular weight is 1120 g/mol. The molecule has 0 saturated carbocycles. The number of amides is 1. The molecule has 0 spiro atoms. The minimum Gasteiger partial charge on any atom is -0.756 e. The minimum atomic E-state index is -4.72. The molecule has 0 aliphatic rings. The number of phosphoric ester groups is 1. The van der Waals surface area contributed by atoms with E-state index in [0.29, 0.717) is 23.9 Å². The highest BCUT2D eigenvalue weighted by atomic mass is 31.2. The van der Waals surface area contributed by atoms with Gasteiger partial charge in [0.05, 0.1) is 33.8 Å². The summed E-state index contributed by atoms with van der Waals surface area (Å²) in [5, 5.41) is 3.01. The lowest BCUT2D eigenvalue weighted by molar-refractivity contribution is -0.870. The second kappa shape index (κ2) is 57.6. The second-order valence-electron chi connectivity index (χ2n) is 22.2. The molecule has 0 rings (SSSR count). The monoisotopic (exact) mass is 1120 g/mol. The van der Waals surface area contributed by atoms with E-state index in [1.165, 1.54) is 83.5 Å². The molecule has 0 aromatic carbocycles. The van der Waals surface area contributed by atoms with Crippen LogP contribution < -0.4 is 10.2 Å². The van der Waals surface area contributed by atoms with E-state index in [9.17, 15) is 19.0 Å². The van der Waals surface area contributed by atoms with E-state index in [2.05, 4.69) is 135 Å². The van der Waals surface area contributed by atoms with Crippen LogP contribution in [0, 0.1) is 0 Å². The highest BCUT2D eigenvalue weighted by molar-refractivity contribution is 7.45. The zero-order valence-corrected chi connectivity index (χ0v) is 52.4. The molecular weight excluding hydrogens is 1000 g/mol. The summed E-state index contributed by atoms with van der Waals surface area (Å²) >= 11 is 0. The molecule has 1 amide bonds. The Morgan fingerprint density at radius 2 is 0.810 bits per heavy atom. The lowest BCUT2D eigenvalue weighted by atomic mass is 10.0. The Kier molecular flexibility index (Phi) is 55.0. The van der Waals surface area contributed by atoms with Gasteiger partial charge in [0.15, 0.2) is 0 Å². The lowest BCUT2D eigenvalue weighted by Gasteiger charge is -2.30. The predicted molar refractivity (Wildman–Crippen MR) is 339 cm³/mol. The quantitative estimate of drug-likeness (QED) is 0.0212. The van der Waals surface area contributed by atoms with E-state index in [1.807, 2.05) is 33.3 Å². The molecule has 3 atom stereocenters. The first kappa shape index (κ1) is 75.4. The topological polar surface area (TPSA) is 114 Å². The van der Waals surface area contributed by atoms with Crippen LogP contribution in [0.3, 0.4) is 0 Å². The van der Waals surface area contributed by atoms with Gasteiger partial charge in [-0.15, -0.1) is 0 Å². The molecule has 3 unspecified atom stereocenters. The van der Waals surface area contributed by atoms with Crippen molar-refractivity contribution < 1.29 is 37.3 Å². The number of phosphoric acid groups is 1. The van der Waals surface area contributed by atoms with Crippen molar-refractivity contribution >= 4 is 19.7 Å². The fourth-order valence-electron chi connectivity index (χ4n) is 8.47. The highest BCUT2D eigenvalue weighted by Crippen LogP contribution is 2.38. The zero-order chi connectivity index (χ0) is 57.9. The van der Waals surface area contributed by atoms with Crippen molar-refractivity contribution in [1.82, 2.24) is 5.32 Å². The maximum atomic E-state index is 13.5. The number of rotatable bonds is 56. The van der Waals surface area contributed by atoms with E-state index >= 15 is 0 Å². The number of ether oxygens (including phenoxy) is 1. The Balaban J connectivity index is 5.36.